The molecule has 1 spiro atoms. The van der Waals surface area contributed by atoms with Crippen molar-refractivity contribution in [3.63, 3.8) is 0 Å². The molecule has 154 valence electrons. The maximum Gasteiger partial charge on any atom is 0.362 e. The van der Waals surface area contributed by atoms with Gasteiger partial charge in [0.05, 0.1) is 17.6 Å². The zero-order valence-electron chi connectivity index (χ0n) is 17.2. The molecule has 6 rings (SSSR count). The molecule has 1 saturated heterocycles. The Morgan fingerprint density at radius 1 is 1.30 bits per heavy atom. The summed E-state index contributed by atoms with van der Waals surface area (Å²) < 4.78 is 6.90. The van der Waals surface area contributed by atoms with Crippen molar-refractivity contribution in [2.45, 2.75) is 50.6 Å². The largest absolute Gasteiger partial charge is 0.461 e. The normalized spacial score (nSPS) is 29.8. The summed E-state index contributed by atoms with van der Waals surface area (Å²) in [4.78, 5) is 32.7. The summed E-state index contributed by atoms with van der Waals surface area (Å²) in [6.45, 7) is 3.91. The van der Waals surface area contributed by atoms with Crippen LogP contribution in [0.5, 0.6) is 0 Å². The van der Waals surface area contributed by atoms with Gasteiger partial charge in [0.1, 0.15) is 0 Å². The van der Waals surface area contributed by atoms with Crippen LogP contribution in [-0.2, 0) is 4.74 Å². The van der Waals surface area contributed by atoms with Crippen LogP contribution in [0.4, 0.5) is 0 Å². The molecule has 6 nitrogen and oxygen atoms in total. The maximum atomic E-state index is 13.3. The molecule has 1 aromatic carbocycles. The number of piperidine rings is 1. The highest BCUT2D eigenvalue weighted by molar-refractivity contribution is 5.89. The van der Waals surface area contributed by atoms with Gasteiger partial charge in [0.15, 0.2) is 0 Å². The number of carbonyl (C=O) groups is 1. The van der Waals surface area contributed by atoms with Gasteiger partial charge in [-0.1, -0.05) is 12.1 Å². The SMILES string of the molecule is CCOC(=O)c1nc2ccccc2n(C2CCN(C34CC=C=C5CC53C4)CC2)c1=O. The van der Waals surface area contributed by atoms with E-state index < -0.39 is 5.97 Å². The standard InChI is InChI=1S/C24H25N3O3/c1-2-30-22(29)20-21(28)27(19-8-4-3-7-18(19)25-20)17-9-12-26(13-10-17)24-11-5-6-16-14-23(16,24)15-24/h3-5,7-8,17H,2,9-15H2,1H3. The predicted molar refractivity (Wildman–Crippen MR) is 112 cm³/mol. The van der Waals surface area contributed by atoms with E-state index >= 15 is 0 Å². The highest BCUT2D eigenvalue weighted by atomic mass is 16.5. The van der Waals surface area contributed by atoms with E-state index in [0.717, 1.165) is 37.9 Å². The van der Waals surface area contributed by atoms with Crippen LogP contribution in [0.1, 0.15) is 55.6 Å². The highest BCUT2D eigenvalue weighted by Gasteiger charge is 2.79. The summed E-state index contributed by atoms with van der Waals surface area (Å²) in [5, 5.41) is 0. The van der Waals surface area contributed by atoms with Gasteiger partial charge in [-0.05, 0) is 62.8 Å². The Morgan fingerprint density at radius 3 is 2.90 bits per heavy atom. The van der Waals surface area contributed by atoms with Crippen LogP contribution < -0.4 is 5.56 Å². The zero-order valence-corrected chi connectivity index (χ0v) is 17.2. The first-order valence-corrected chi connectivity index (χ1v) is 11.0. The van der Waals surface area contributed by atoms with E-state index in [2.05, 4.69) is 21.7 Å². The number of hydrogen-bond acceptors (Lipinski definition) is 5. The molecule has 4 aliphatic rings. The first-order valence-electron chi connectivity index (χ1n) is 11.0. The number of aromatic nitrogens is 2. The lowest BCUT2D eigenvalue weighted by Gasteiger charge is -2.39. The second-order valence-electron chi connectivity index (χ2n) is 9.06. The minimum Gasteiger partial charge on any atom is -0.461 e. The van der Waals surface area contributed by atoms with E-state index in [4.69, 9.17) is 4.74 Å². The minimum atomic E-state index is -0.639. The zero-order chi connectivity index (χ0) is 20.5. The van der Waals surface area contributed by atoms with Gasteiger partial charge in [-0.2, -0.15) is 0 Å². The van der Waals surface area contributed by atoms with E-state index in [1.807, 2.05) is 24.3 Å². The van der Waals surface area contributed by atoms with Crippen molar-refractivity contribution < 1.29 is 9.53 Å². The summed E-state index contributed by atoms with van der Waals surface area (Å²) in [5.74, 6) is -0.639. The number of fused-ring (bicyclic) bond motifs is 1. The number of benzene rings is 1. The Kier molecular flexibility index (Phi) is 3.72. The minimum absolute atomic E-state index is 0.0641. The van der Waals surface area contributed by atoms with Crippen molar-refractivity contribution in [1.29, 1.82) is 0 Å². The molecule has 0 radical (unpaired) electrons. The van der Waals surface area contributed by atoms with Gasteiger partial charge in [0, 0.05) is 30.1 Å². The average Bonchev–Trinajstić information content (AvgIpc) is 3.64. The third kappa shape index (κ3) is 2.32. The van der Waals surface area contributed by atoms with Crippen LogP contribution in [0, 0.1) is 5.41 Å². The van der Waals surface area contributed by atoms with Gasteiger partial charge in [-0.3, -0.25) is 9.69 Å². The topological polar surface area (TPSA) is 64.4 Å². The van der Waals surface area contributed by atoms with Crippen molar-refractivity contribution in [2.24, 2.45) is 5.41 Å². The fraction of sp³-hybridized carbons (Fsp3) is 0.500. The predicted octanol–water partition coefficient (Wildman–Crippen LogP) is 3.23. The lowest BCUT2D eigenvalue weighted by Crippen LogP contribution is -2.46. The van der Waals surface area contributed by atoms with Gasteiger partial charge in [0.2, 0.25) is 5.69 Å². The van der Waals surface area contributed by atoms with Gasteiger partial charge in [-0.25, -0.2) is 9.78 Å². The summed E-state index contributed by atoms with van der Waals surface area (Å²) >= 11 is 0. The molecule has 30 heavy (non-hydrogen) atoms. The molecule has 2 heterocycles. The van der Waals surface area contributed by atoms with Crippen LogP contribution >= 0.6 is 0 Å². The first-order chi connectivity index (χ1) is 14.6. The molecule has 2 aromatic rings. The summed E-state index contributed by atoms with van der Waals surface area (Å²) in [6, 6.07) is 7.64. The van der Waals surface area contributed by atoms with Crippen molar-refractivity contribution >= 4 is 17.0 Å². The van der Waals surface area contributed by atoms with E-state index in [1.54, 1.807) is 11.5 Å². The Labute approximate surface area is 174 Å². The quantitative estimate of drug-likeness (QED) is 0.579. The number of para-hydroxylation sites is 2. The van der Waals surface area contributed by atoms with Gasteiger partial charge in [-0.15, -0.1) is 5.73 Å². The molecule has 1 aromatic heterocycles. The van der Waals surface area contributed by atoms with Gasteiger partial charge in [0.25, 0.3) is 5.56 Å². The summed E-state index contributed by atoms with van der Waals surface area (Å²) in [5.41, 5.74) is 6.75. The molecular weight excluding hydrogens is 378 g/mol. The lowest BCUT2D eigenvalue weighted by molar-refractivity contribution is 0.0516. The molecule has 0 amide bonds. The van der Waals surface area contributed by atoms with Crippen LogP contribution in [-0.4, -0.2) is 45.7 Å². The van der Waals surface area contributed by atoms with Crippen LogP contribution in [0.3, 0.4) is 0 Å². The molecule has 3 aliphatic carbocycles. The number of ether oxygens (including phenoxy) is 1. The number of carbonyl (C=O) groups excluding carboxylic acids is 1. The molecular formula is C24H25N3O3. The van der Waals surface area contributed by atoms with Gasteiger partial charge >= 0.3 is 5.97 Å². The Balaban J connectivity index is 1.32. The first kappa shape index (κ1) is 18.1. The van der Waals surface area contributed by atoms with Crippen LogP contribution in [0.15, 0.2) is 46.4 Å². The van der Waals surface area contributed by atoms with Crippen molar-refractivity contribution in [3.05, 3.63) is 57.7 Å². The fourth-order valence-corrected chi connectivity index (χ4v) is 6.07. The highest BCUT2D eigenvalue weighted by Crippen LogP contribution is 2.80. The Morgan fingerprint density at radius 2 is 2.10 bits per heavy atom. The summed E-state index contributed by atoms with van der Waals surface area (Å²) in [6.07, 6.45) is 7.63. The van der Waals surface area contributed by atoms with E-state index in [1.165, 1.54) is 18.4 Å². The average molecular weight is 403 g/mol. The molecule has 3 fully saturated rings. The fourth-order valence-electron chi connectivity index (χ4n) is 6.07. The number of nitrogens with zero attached hydrogens (tertiary/aromatic N) is 3. The monoisotopic (exact) mass is 403 g/mol. The second kappa shape index (κ2) is 6.16. The molecule has 0 bridgehead atoms. The molecule has 6 heteroatoms. The van der Waals surface area contributed by atoms with Gasteiger partial charge < -0.3 is 9.30 Å². The van der Waals surface area contributed by atoms with Crippen molar-refractivity contribution in [3.8, 4) is 0 Å². The van der Waals surface area contributed by atoms with Crippen molar-refractivity contribution in [2.75, 3.05) is 19.7 Å². The van der Waals surface area contributed by atoms with Crippen LogP contribution in [0.2, 0.25) is 0 Å². The second-order valence-corrected chi connectivity index (χ2v) is 9.06. The molecule has 2 atom stereocenters. The Hall–Kier alpha value is -2.69. The third-order valence-corrected chi connectivity index (χ3v) is 7.71. The molecule has 2 unspecified atom stereocenters. The van der Waals surface area contributed by atoms with E-state index in [9.17, 15) is 9.59 Å². The van der Waals surface area contributed by atoms with Crippen LogP contribution in [0.25, 0.3) is 11.0 Å². The number of hydrogen-bond donors (Lipinski definition) is 0. The maximum absolute atomic E-state index is 13.3. The smallest absolute Gasteiger partial charge is 0.362 e. The number of likely N-dealkylation sites (tertiary alicyclic amines) is 1. The van der Waals surface area contributed by atoms with Crippen molar-refractivity contribution in [1.82, 2.24) is 14.5 Å². The molecule has 2 saturated carbocycles. The third-order valence-electron chi connectivity index (χ3n) is 7.71. The lowest BCUT2D eigenvalue weighted by atomic mass is 9.96. The molecule has 0 N–H and O–H groups in total. The van der Waals surface area contributed by atoms with E-state index in [-0.39, 0.29) is 23.9 Å². The Bertz CT molecular complexity index is 1200. The summed E-state index contributed by atoms with van der Waals surface area (Å²) in [7, 11) is 0. The molecule has 1 aliphatic heterocycles. The number of rotatable bonds is 4. The van der Waals surface area contributed by atoms with E-state index in [0.29, 0.717) is 16.5 Å². The number of esters is 1.